The van der Waals surface area contributed by atoms with E-state index in [2.05, 4.69) is 41.5 Å². The summed E-state index contributed by atoms with van der Waals surface area (Å²) < 4.78 is 5.55. The molecule has 0 unspecified atom stereocenters. The van der Waals surface area contributed by atoms with Gasteiger partial charge in [-0.1, -0.05) is 43.0 Å². The van der Waals surface area contributed by atoms with Crippen molar-refractivity contribution < 1.29 is 4.74 Å². The Balaban J connectivity index is 1.63. The maximum atomic E-state index is 5.55. The Morgan fingerprint density at radius 3 is 3.00 bits per heavy atom. The number of hydrogen-bond acceptors (Lipinski definition) is 2. The number of anilines is 1. The monoisotopic (exact) mass is 338 g/mol. The lowest BCUT2D eigenvalue weighted by molar-refractivity contribution is 0.363. The number of fused-ring (bicyclic) bond motifs is 1. The van der Waals surface area contributed by atoms with Gasteiger partial charge in [-0.25, -0.2) is 0 Å². The van der Waals surface area contributed by atoms with Gasteiger partial charge in [0.05, 0.1) is 6.04 Å². The molecule has 0 heterocycles. The third-order valence-corrected chi connectivity index (χ3v) is 4.35. The minimum atomic E-state index is 0.273. The van der Waals surface area contributed by atoms with Crippen LogP contribution in [0.5, 0.6) is 5.75 Å². The van der Waals surface area contributed by atoms with Crippen LogP contribution in [0.15, 0.2) is 61.2 Å². The van der Waals surface area contributed by atoms with Crippen LogP contribution in [-0.4, -0.2) is 11.7 Å². The second-order valence-electron chi connectivity index (χ2n) is 5.87. The zero-order chi connectivity index (χ0) is 16.8. The zero-order valence-corrected chi connectivity index (χ0v) is 14.4. The summed E-state index contributed by atoms with van der Waals surface area (Å²) in [5.74, 6) is 0.797. The lowest BCUT2D eigenvalue weighted by atomic mass is 9.88. The normalized spacial score (nSPS) is 15.9. The van der Waals surface area contributed by atoms with Crippen LogP contribution in [0, 0.1) is 0 Å². The minimum Gasteiger partial charge on any atom is -0.489 e. The highest BCUT2D eigenvalue weighted by molar-refractivity contribution is 7.80. The molecule has 0 radical (unpaired) electrons. The second kappa shape index (κ2) is 7.97. The van der Waals surface area contributed by atoms with Gasteiger partial charge in [-0.2, -0.15) is 0 Å². The van der Waals surface area contributed by atoms with Crippen molar-refractivity contribution in [2.45, 2.75) is 25.3 Å². The zero-order valence-electron chi connectivity index (χ0n) is 13.6. The van der Waals surface area contributed by atoms with Gasteiger partial charge in [0.1, 0.15) is 12.4 Å². The summed E-state index contributed by atoms with van der Waals surface area (Å²) in [6.45, 7) is 4.15. The molecule has 0 aromatic heterocycles. The second-order valence-corrected chi connectivity index (χ2v) is 6.28. The van der Waals surface area contributed by atoms with Crippen molar-refractivity contribution in [2.75, 3.05) is 11.9 Å². The van der Waals surface area contributed by atoms with Gasteiger partial charge < -0.3 is 15.4 Å². The van der Waals surface area contributed by atoms with Gasteiger partial charge in [0.25, 0.3) is 0 Å². The molecule has 124 valence electrons. The first-order valence-electron chi connectivity index (χ1n) is 8.25. The Bertz CT molecular complexity index is 729. The highest BCUT2D eigenvalue weighted by Gasteiger charge is 2.20. The molecule has 1 aliphatic carbocycles. The molecule has 0 saturated heterocycles. The summed E-state index contributed by atoms with van der Waals surface area (Å²) in [6, 6.07) is 16.6. The molecule has 0 aliphatic heterocycles. The first-order chi connectivity index (χ1) is 11.8. The number of hydrogen-bond donors (Lipinski definition) is 2. The van der Waals surface area contributed by atoms with E-state index in [-0.39, 0.29) is 6.04 Å². The molecule has 0 bridgehead atoms. The highest BCUT2D eigenvalue weighted by atomic mass is 32.1. The molecule has 0 saturated carbocycles. The molecule has 2 aromatic rings. The predicted octanol–water partition coefficient (Wildman–Crippen LogP) is 4.62. The van der Waals surface area contributed by atoms with Crippen molar-refractivity contribution >= 4 is 23.0 Å². The Labute approximate surface area is 148 Å². The molecule has 0 spiro atoms. The third-order valence-electron chi connectivity index (χ3n) is 4.13. The van der Waals surface area contributed by atoms with E-state index in [0.717, 1.165) is 24.3 Å². The average Bonchev–Trinajstić information content (AvgIpc) is 2.60. The van der Waals surface area contributed by atoms with Crippen LogP contribution in [0.2, 0.25) is 0 Å². The number of benzene rings is 2. The van der Waals surface area contributed by atoms with Crippen LogP contribution in [-0.2, 0) is 6.42 Å². The molecule has 0 fully saturated rings. The van der Waals surface area contributed by atoms with E-state index in [4.69, 9.17) is 17.0 Å². The molecule has 2 N–H and O–H groups in total. The van der Waals surface area contributed by atoms with Gasteiger partial charge in [0, 0.05) is 11.8 Å². The van der Waals surface area contributed by atoms with Crippen molar-refractivity contribution in [3.05, 3.63) is 72.3 Å². The summed E-state index contributed by atoms with van der Waals surface area (Å²) in [5.41, 5.74) is 3.69. The van der Waals surface area contributed by atoms with Gasteiger partial charge in [-0.3, -0.25) is 0 Å². The van der Waals surface area contributed by atoms with Gasteiger partial charge in [-0.05, 0) is 54.7 Å². The Kier molecular flexibility index (Phi) is 5.49. The lowest BCUT2D eigenvalue weighted by Crippen LogP contribution is -2.34. The maximum Gasteiger partial charge on any atom is 0.171 e. The smallest absolute Gasteiger partial charge is 0.171 e. The van der Waals surface area contributed by atoms with Crippen molar-refractivity contribution in [3.8, 4) is 5.75 Å². The van der Waals surface area contributed by atoms with Crippen LogP contribution < -0.4 is 15.4 Å². The maximum absolute atomic E-state index is 5.55. The highest BCUT2D eigenvalue weighted by Crippen LogP contribution is 2.29. The van der Waals surface area contributed by atoms with Crippen LogP contribution >= 0.6 is 12.2 Å². The van der Waals surface area contributed by atoms with E-state index >= 15 is 0 Å². The summed E-state index contributed by atoms with van der Waals surface area (Å²) >= 11 is 5.50. The van der Waals surface area contributed by atoms with Crippen LogP contribution in [0.3, 0.4) is 0 Å². The van der Waals surface area contributed by atoms with Crippen molar-refractivity contribution in [1.29, 1.82) is 0 Å². The Morgan fingerprint density at radius 1 is 1.25 bits per heavy atom. The standard InChI is InChI=1S/C20H22N2OS/c1-2-13-23-17-10-6-9-16(14-17)21-20(24)22-19-12-5-8-15-7-3-4-11-18(15)19/h2-4,6-7,9-11,14,19H,1,5,8,12-13H2,(H2,21,22,24)/t19-/m1/s1. The third kappa shape index (κ3) is 4.15. The number of nitrogens with one attached hydrogen (secondary N) is 2. The van der Waals surface area contributed by atoms with Crippen LogP contribution in [0.1, 0.15) is 30.0 Å². The summed E-state index contributed by atoms with van der Waals surface area (Å²) in [7, 11) is 0. The molecule has 3 rings (SSSR count). The summed E-state index contributed by atoms with van der Waals surface area (Å²) in [5, 5.41) is 7.34. The van der Waals surface area contributed by atoms with Crippen LogP contribution in [0.25, 0.3) is 0 Å². The predicted molar refractivity (Wildman–Crippen MR) is 104 cm³/mol. The number of rotatable bonds is 5. The van der Waals surface area contributed by atoms with E-state index in [1.807, 2.05) is 24.3 Å². The van der Waals surface area contributed by atoms with Crippen molar-refractivity contribution in [2.24, 2.45) is 0 Å². The van der Waals surface area contributed by atoms with Crippen molar-refractivity contribution in [1.82, 2.24) is 5.32 Å². The van der Waals surface area contributed by atoms with E-state index in [1.54, 1.807) is 6.08 Å². The quantitative estimate of drug-likeness (QED) is 0.616. The topological polar surface area (TPSA) is 33.3 Å². The first kappa shape index (κ1) is 16.5. The van der Waals surface area contributed by atoms with Gasteiger partial charge in [0.15, 0.2) is 5.11 Å². The largest absolute Gasteiger partial charge is 0.489 e. The minimum absolute atomic E-state index is 0.273. The summed E-state index contributed by atoms with van der Waals surface area (Å²) in [6.07, 6.45) is 5.16. The fraction of sp³-hybridized carbons (Fsp3) is 0.250. The lowest BCUT2D eigenvalue weighted by Gasteiger charge is -2.27. The van der Waals surface area contributed by atoms with Gasteiger partial charge in [0.2, 0.25) is 0 Å². The summed E-state index contributed by atoms with van der Waals surface area (Å²) in [4.78, 5) is 0. The molecule has 3 nitrogen and oxygen atoms in total. The molecule has 2 aromatic carbocycles. The number of ether oxygens (including phenoxy) is 1. The SMILES string of the molecule is C=CCOc1cccc(NC(=S)N[C@@H]2CCCc3ccccc32)c1. The average molecular weight is 338 g/mol. The van der Waals surface area contributed by atoms with Crippen molar-refractivity contribution in [3.63, 3.8) is 0 Å². The molecule has 4 heteroatoms. The van der Waals surface area contributed by atoms with Gasteiger partial charge in [-0.15, -0.1) is 0 Å². The first-order valence-corrected chi connectivity index (χ1v) is 8.66. The molecule has 1 aliphatic rings. The molecular weight excluding hydrogens is 316 g/mol. The molecular formula is C20H22N2OS. The Morgan fingerprint density at radius 2 is 2.12 bits per heavy atom. The molecule has 24 heavy (non-hydrogen) atoms. The fourth-order valence-corrected chi connectivity index (χ4v) is 3.31. The van der Waals surface area contributed by atoms with E-state index in [9.17, 15) is 0 Å². The van der Waals surface area contributed by atoms with Crippen LogP contribution in [0.4, 0.5) is 5.69 Å². The number of aryl methyl sites for hydroxylation is 1. The Hall–Kier alpha value is -2.33. The van der Waals surface area contributed by atoms with Gasteiger partial charge >= 0.3 is 0 Å². The molecule has 0 amide bonds. The molecule has 1 atom stereocenters. The van der Waals surface area contributed by atoms with E-state index in [1.165, 1.54) is 17.5 Å². The number of thiocarbonyl (C=S) groups is 1. The van der Waals surface area contributed by atoms with E-state index < -0.39 is 0 Å². The van der Waals surface area contributed by atoms with E-state index in [0.29, 0.717) is 11.7 Å². The fourth-order valence-electron chi connectivity index (χ4n) is 3.05.